The number of amides is 2. The second kappa shape index (κ2) is 11.5. The third kappa shape index (κ3) is 8.56. The van der Waals surface area contributed by atoms with Crippen LogP contribution in [-0.4, -0.2) is 24.9 Å². The summed E-state index contributed by atoms with van der Waals surface area (Å²) in [6, 6.07) is 7.40. The minimum absolute atomic E-state index is 0.0119. The van der Waals surface area contributed by atoms with Gasteiger partial charge in [-0.1, -0.05) is 52.5 Å². The van der Waals surface area contributed by atoms with Crippen molar-refractivity contribution in [2.24, 2.45) is 5.92 Å². The molecule has 5 heteroatoms. The molecule has 0 aromatic heterocycles. The molecule has 1 aromatic carbocycles. The lowest BCUT2D eigenvalue weighted by molar-refractivity contribution is -0.120. The summed E-state index contributed by atoms with van der Waals surface area (Å²) < 4.78 is 0. The fourth-order valence-electron chi connectivity index (χ4n) is 2.19. The highest BCUT2D eigenvalue weighted by atomic mass is 16.2. The van der Waals surface area contributed by atoms with Crippen molar-refractivity contribution in [1.82, 2.24) is 5.32 Å². The van der Waals surface area contributed by atoms with Crippen molar-refractivity contribution in [1.29, 1.82) is 0 Å². The number of unbranched alkanes of at least 4 members (excludes halogenated alkanes) is 4. The quantitative estimate of drug-likeness (QED) is 0.540. The number of carbonyl (C=O) groups is 2. The second-order valence-corrected chi connectivity index (χ2v) is 6.34. The van der Waals surface area contributed by atoms with Crippen molar-refractivity contribution in [2.75, 3.05) is 23.7 Å². The standard InChI is InChI=1S/C19H31N3O2/c1-4-5-6-7-8-12-20-18(23)14-21-16-10-9-11-17(13-16)22-19(24)15(2)3/h9-11,13,15,21H,4-8,12,14H2,1-3H3,(H,20,23)(H,22,24). The van der Waals surface area contributed by atoms with Crippen LogP contribution in [0.3, 0.4) is 0 Å². The SMILES string of the molecule is CCCCCCCNC(=O)CNc1cccc(NC(=O)C(C)C)c1. The highest BCUT2D eigenvalue weighted by Gasteiger charge is 2.07. The Morgan fingerprint density at radius 2 is 1.75 bits per heavy atom. The van der Waals surface area contributed by atoms with Crippen LogP contribution >= 0.6 is 0 Å². The highest BCUT2D eigenvalue weighted by molar-refractivity contribution is 5.92. The molecule has 0 heterocycles. The summed E-state index contributed by atoms with van der Waals surface area (Å²) in [5.41, 5.74) is 1.55. The van der Waals surface area contributed by atoms with Crippen LogP contribution in [0.25, 0.3) is 0 Å². The third-order valence-electron chi connectivity index (χ3n) is 3.71. The number of benzene rings is 1. The van der Waals surface area contributed by atoms with Gasteiger partial charge >= 0.3 is 0 Å². The Hall–Kier alpha value is -2.04. The van der Waals surface area contributed by atoms with Gasteiger partial charge in [0.1, 0.15) is 0 Å². The molecule has 5 nitrogen and oxygen atoms in total. The van der Waals surface area contributed by atoms with Gasteiger partial charge in [0.05, 0.1) is 6.54 Å². The van der Waals surface area contributed by atoms with Crippen LogP contribution in [0.15, 0.2) is 24.3 Å². The van der Waals surface area contributed by atoms with E-state index in [1.807, 2.05) is 38.1 Å². The van der Waals surface area contributed by atoms with Crippen molar-refractivity contribution in [2.45, 2.75) is 52.9 Å². The summed E-state index contributed by atoms with van der Waals surface area (Å²) in [4.78, 5) is 23.5. The molecule has 24 heavy (non-hydrogen) atoms. The van der Waals surface area contributed by atoms with Crippen molar-refractivity contribution in [3.63, 3.8) is 0 Å². The number of carbonyl (C=O) groups excluding carboxylic acids is 2. The lowest BCUT2D eigenvalue weighted by Crippen LogP contribution is -2.30. The van der Waals surface area contributed by atoms with Gasteiger partial charge in [-0.3, -0.25) is 9.59 Å². The molecule has 0 atom stereocenters. The Morgan fingerprint density at radius 3 is 2.46 bits per heavy atom. The molecule has 0 unspecified atom stereocenters. The largest absolute Gasteiger partial charge is 0.376 e. The van der Waals surface area contributed by atoms with Gasteiger partial charge in [-0.15, -0.1) is 0 Å². The maximum atomic E-state index is 11.8. The van der Waals surface area contributed by atoms with E-state index >= 15 is 0 Å². The third-order valence-corrected chi connectivity index (χ3v) is 3.71. The summed E-state index contributed by atoms with van der Waals surface area (Å²) in [5, 5.41) is 8.85. The minimum atomic E-state index is -0.0651. The normalized spacial score (nSPS) is 10.5. The molecule has 0 radical (unpaired) electrons. The lowest BCUT2D eigenvalue weighted by Gasteiger charge is -2.11. The van der Waals surface area contributed by atoms with E-state index in [4.69, 9.17) is 0 Å². The molecule has 1 rings (SSSR count). The molecule has 1 aromatic rings. The molecule has 0 aliphatic rings. The number of anilines is 2. The Bertz CT molecular complexity index is 515. The molecule has 3 N–H and O–H groups in total. The number of hydrogen-bond acceptors (Lipinski definition) is 3. The van der Waals surface area contributed by atoms with Crippen LogP contribution in [-0.2, 0) is 9.59 Å². The Labute approximate surface area is 145 Å². The predicted molar refractivity (Wildman–Crippen MR) is 100 cm³/mol. The average molecular weight is 333 g/mol. The van der Waals surface area contributed by atoms with E-state index < -0.39 is 0 Å². The predicted octanol–water partition coefficient (Wildman–Crippen LogP) is 3.78. The van der Waals surface area contributed by atoms with E-state index in [0.29, 0.717) is 0 Å². The fraction of sp³-hybridized carbons (Fsp3) is 0.579. The van der Waals surface area contributed by atoms with Crippen LogP contribution in [0.1, 0.15) is 52.9 Å². The van der Waals surface area contributed by atoms with E-state index in [0.717, 1.165) is 24.3 Å². The van der Waals surface area contributed by atoms with E-state index in [-0.39, 0.29) is 24.3 Å². The lowest BCUT2D eigenvalue weighted by atomic mass is 10.1. The van der Waals surface area contributed by atoms with Crippen LogP contribution in [0.4, 0.5) is 11.4 Å². The molecule has 0 aliphatic heterocycles. The van der Waals surface area contributed by atoms with E-state index in [9.17, 15) is 9.59 Å². The molecule has 0 bridgehead atoms. The van der Waals surface area contributed by atoms with E-state index in [1.165, 1.54) is 25.7 Å². The summed E-state index contributed by atoms with van der Waals surface area (Å²) in [5.74, 6) is -0.0974. The molecule has 0 spiro atoms. The van der Waals surface area contributed by atoms with E-state index in [2.05, 4.69) is 22.9 Å². The first kappa shape index (κ1) is 20.0. The summed E-state index contributed by atoms with van der Waals surface area (Å²) in [6.45, 7) is 6.86. The molecule has 2 amide bonds. The van der Waals surface area contributed by atoms with Gasteiger partial charge in [-0.05, 0) is 24.6 Å². The minimum Gasteiger partial charge on any atom is -0.376 e. The number of nitrogens with one attached hydrogen (secondary N) is 3. The summed E-state index contributed by atoms with van der Waals surface area (Å²) in [6.07, 6.45) is 5.92. The zero-order valence-electron chi connectivity index (χ0n) is 15.2. The van der Waals surface area contributed by atoms with Gasteiger partial charge in [0.2, 0.25) is 11.8 Å². The number of rotatable bonds is 11. The number of hydrogen-bond donors (Lipinski definition) is 3. The Morgan fingerprint density at radius 1 is 1.04 bits per heavy atom. The zero-order chi connectivity index (χ0) is 17.8. The van der Waals surface area contributed by atoms with Crippen molar-refractivity contribution < 1.29 is 9.59 Å². The molecular formula is C19H31N3O2. The van der Waals surface area contributed by atoms with Crippen LogP contribution in [0.5, 0.6) is 0 Å². The zero-order valence-corrected chi connectivity index (χ0v) is 15.2. The van der Waals surface area contributed by atoms with Crippen LogP contribution in [0, 0.1) is 5.92 Å². The van der Waals surface area contributed by atoms with Gasteiger partial charge in [0.25, 0.3) is 0 Å². The maximum Gasteiger partial charge on any atom is 0.239 e. The maximum absolute atomic E-state index is 11.8. The molecule has 0 saturated heterocycles. The van der Waals surface area contributed by atoms with Crippen LogP contribution < -0.4 is 16.0 Å². The summed E-state index contributed by atoms with van der Waals surface area (Å²) >= 11 is 0. The first-order valence-electron chi connectivity index (χ1n) is 8.94. The van der Waals surface area contributed by atoms with Gasteiger partial charge in [-0.2, -0.15) is 0 Å². The Kier molecular flexibility index (Phi) is 9.58. The van der Waals surface area contributed by atoms with Gasteiger partial charge in [0, 0.05) is 23.8 Å². The molecule has 0 saturated carbocycles. The summed E-state index contributed by atoms with van der Waals surface area (Å²) in [7, 11) is 0. The van der Waals surface area contributed by atoms with Gasteiger partial charge in [-0.25, -0.2) is 0 Å². The molecular weight excluding hydrogens is 302 g/mol. The first-order valence-corrected chi connectivity index (χ1v) is 8.94. The van der Waals surface area contributed by atoms with Gasteiger partial charge in [0.15, 0.2) is 0 Å². The monoisotopic (exact) mass is 333 g/mol. The van der Waals surface area contributed by atoms with Gasteiger partial charge < -0.3 is 16.0 Å². The first-order chi connectivity index (χ1) is 11.5. The van der Waals surface area contributed by atoms with E-state index in [1.54, 1.807) is 0 Å². The topological polar surface area (TPSA) is 70.2 Å². The molecule has 0 fully saturated rings. The second-order valence-electron chi connectivity index (χ2n) is 6.34. The fourth-order valence-corrected chi connectivity index (χ4v) is 2.19. The Balaban J connectivity index is 2.29. The average Bonchev–Trinajstić information content (AvgIpc) is 2.56. The smallest absolute Gasteiger partial charge is 0.239 e. The van der Waals surface area contributed by atoms with Crippen molar-refractivity contribution >= 4 is 23.2 Å². The molecule has 0 aliphatic carbocycles. The molecule has 134 valence electrons. The highest BCUT2D eigenvalue weighted by Crippen LogP contribution is 2.15. The van der Waals surface area contributed by atoms with Crippen LogP contribution in [0.2, 0.25) is 0 Å². The van der Waals surface area contributed by atoms with Crippen molar-refractivity contribution in [3.8, 4) is 0 Å². The van der Waals surface area contributed by atoms with Crippen molar-refractivity contribution in [3.05, 3.63) is 24.3 Å².